The summed E-state index contributed by atoms with van der Waals surface area (Å²) in [6.45, 7) is 0.943. The minimum absolute atomic E-state index is 0.0702. The molecule has 1 aromatic heterocycles. The number of nitrogens with one attached hydrogen (secondary N) is 1. The lowest BCUT2D eigenvalue weighted by molar-refractivity contribution is -0.143. The first-order valence-corrected chi connectivity index (χ1v) is 8.22. The number of esters is 1. The molecule has 0 aliphatic carbocycles. The van der Waals surface area contributed by atoms with Gasteiger partial charge in [-0.05, 0) is 25.1 Å². The number of thiazole rings is 1. The summed E-state index contributed by atoms with van der Waals surface area (Å²) in [4.78, 5) is 46.6. The molecule has 0 saturated carbocycles. The first-order valence-electron chi connectivity index (χ1n) is 7.34. The molecule has 0 fully saturated rings. The van der Waals surface area contributed by atoms with Crippen LogP contribution in [-0.2, 0) is 20.9 Å². The molecule has 3 rings (SSSR count). The Balaban J connectivity index is 1.61. The van der Waals surface area contributed by atoms with Gasteiger partial charge in [0.15, 0.2) is 19.0 Å². The summed E-state index contributed by atoms with van der Waals surface area (Å²) >= 11 is 0.994. The second kappa shape index (κ2) is 6.89. The topological polar surface area (TPSA) is 104 Å². The van der Waals surface area contributed by atoms with Crippen LogP contribution in [0.1, 0.15) is 16.1 Å². The number of ketones is 1. The highest BCUT2D eigenvalue weighted by Gasteiger charge is 2.19. The molecule has 0 saturated heterocycles. The van der Waals surface area contributed by atoms with Crippen LogP contribution >= 0.6 is 11.3 Å². The minimum atomic E-state index is -0.674. The Labute approximate surface area is 146 Å². The highest BCUT2D eigenvalue weighted by atomic mass is 32.1. The third-order valence-corrected chi connectivity index (χ3v) is 4.44. The fourth-order valence-electron chi connectivity index (χ4n) is 2.26. The molecule has 1 aromatic carbocycles. The van der Waals surface area contributed by atoms with Crippen molar-refractivity contribution >= 4 is 34.7 Å². The summed E-state index contributed by atoms with van der Waals surface area (Å²) in [7, 11) is 0. The second-order valence-electron chi connectivity index (χ2n) is 5.36. The number of carbonyl (C=O) groups is 3. The summed E-state index contributed by atoms with van der Waals surface area (Å²) in [5, 5.41) is 4.24. The predicted molar refractivity (Wildman–Crippen MR) is 89.2 cm³/mol. The fraction of sp³-hybridized carbons (Fsp3) is 0.250. The Bertz CT molecular complexity index is 914. The first kappa shape index (κ1) is 16.9. The largest absolute Gasteiger partial charge is 0.482 e. The number of hydrogen-bond donors (Lipinski definition) is 1. The van der Waals surface area contributed by atoms with Gasteiger partial charge >= 0.3 is 10.8 Å². The summed E-state index contributed by atoms with van der Waals surface area (Å²) in [6.07, 6.45) is 0. The van der Waals surface area contributed by atoms with Crippen molar-refractivity contribution in [3.63, 3.8) is 0 Å². The molecule has 1 aliphatic heterocycles. The maximum absolute atomic E-state index is 12.2. The fourth-order valence-corrected chi connectivity index (χ4v) is 2.99. The summed E-state index contributed by atoms with van der Waals surface area (Å²) in [6, 6.07) is 4.56. The van der Waals surface area contributed by atoms with Crippen molar-refractivity contribution in [3.05, 3.63) is 44.5 Å². The number of Topliss-reactive ketones (excluding diaryl/α,β-unsaturated/α-hetero) is 1. The van der Waals surface area contributed by atoms with Crippen LogP contribution in [-0.4, -0.2) is 35.4 Å². The highest BCUT2D eigenvalue weighted by Crippen LogP contribution is 2.28. The lowest BCUT2D eigenvalue weighted by atomic mass is 10.1. The normalized spacial score (nSPS) is 12.8. The van der Waals surface area contributed by atoms with Gasteiger partial charge < -0.3 is 14.8 Å². The van der Waals surface area contributed by atoms with E-state index in [-0.39, 0.29) is 29.5 Å². The molecule has 8 nitrogen and oxygen atoms in total. The van der Waals surface area contributed by atoms with Gasteiger partial charge in [-0.15, -0.1) is 0 Å². The van der Waals surface area contributed by atoms with E-state index in [1.807, 2.05) is 0 Å². The molecule has 25 heavy (non-hydrogen) atoms. The highest BCUT2D eigenvalue weighted by molar-refractivity contribution is 7.07. The predicted octanol–water partition coefficient (Wildman–Crippen LogP) is 0.975. The van der Waals surface area contributed by atoms with Gasteiger partial charge in [0.2, 0.25) is 0 Å². The average molecular weight is 362 g/mol. The molecule has 0 spiro atoms. The molecule has 130 valence electrons. The van der Waals surface area contributed by atoms with Crippen LogP contribution in [0.2, 0.25) is 0 Å². The third-order valence-electron chi connectivity index (χ3n) is 3.56. The summed E-state index contributed by atoms with van der Waals surface area (Å²) < 4.78 is 11.4. The molecule has 0 atom stereocenters. The molecule has 2 aromatic rings. The van der Waals surface area contributed by atoms with E-state index in [4.69, 9.17) is 9.47 Å². The molecular weight excluding hydrogens is 348 g/mol. The number of amides is 1. The minimum Gasteiger partial charge on any atom is -0.482 e. The smallest absolute Gasteiger partial charge is 0.326 e. The van der Waals surface area contributed by atoms with Gasteiger partial charge in [-0.2, -0.15) is 0 Å². The Hall–Kier alpha value is -2.94. The quantitative estimate of drug-likeness (QED) is 0.628. The SMILES string of the molecule is Cc1csc(=O)n1CC(=O)OCC(=O)c1ccc2c(c1)NC(=O)CO2. The molecule has 2 heterocycles. The van der Waals surface area contributed by atoms with Crippen LogP contribution in [0.4, 0.5) is 5.69 Å². The molecule has 1 amide bonds. The molecule has 0 unspecified atom stereocenters. The van der Waals surface area contributed by atoms with Gasteiger partial charge in [-0.1, -0.05) is 11.3 Å². The lowest BCUT2D eigenvalue weighted by Gasteiger charge is -2.18. The number of aryl methyl sites for hydroxylation is 1. The van der Waals surface area contributed by atoms with Crippen molar-refractivity contribution in [1.82, 2.24) is 4.57 Å². The Morgan fingerprint density at radius 3 is 2.88 bits per heavy atom. The van der Waals surface area contributed by atoms with E-state index in [0.29, 0.717) is 17.1 Å². The Kier molecular flexibility index (Phi) is 4.66. The molecule has 0 bridgehead atoms. The number of aromatic nitrogens is 1. The van der Waals surface area contributed by atoms with E-state index in [2.05, 4.69) is 5.32 Å². The van der Waals surface area contributed by atoms with Crippen molar-refractivity contribution in [2.24, 2.45) is 0 Å². The average Bonchev–Trinajstić information content (AvgIpc) is 2.91. The second-order valence-corrected chi connectivity index (χ2v) is 6.18. The van der Waals surface area contributed by atoms with Crippen LogP contribution in [0, 0.1) is 6.92 Å². The zero-order valence-corrected chi connectivity index (χ0v) is 14.1. The maximum atomic E-state index is 12.2. The van der Waals surface area contributed by atoms with E-state index >= 15 is 0 Å². The first-order chi connectivity index (χ1) is 11.9. The van der Waals surface area contributed by atoms with Crippen molar-refractivity contribution in [1.29, 1.82) is 0 Å². The van der Waals surface area contributed by atoms with Crippen LogP contribution in [0.15, 0.2) is 28.4 Å². The van der Waals surface area contributed by atoms with E-state index in [0.717, 1.165) is 11.3 Å². The third kappa shape index (κ3) is 3.77. The summed E-state index contributed by atoms with van der Waals surface area (Å²) in [5.41, 5.74) is 1.33. The lowest BCUT2D eigenvalue weighted by Crippen LogP contribution is -2.26. The number of hydrogen-bond acceptors (Lipinski definition) is 7. The number of carbonyl (C=O) groups excluding carboxylic acids is 3. The monoisotopic (exact) mass is 362 g/mol. The number of rotatable bonds is 5. The van der Waals surface area contributed by atoms with Crippen molar-refractivity contribution in [2.75, 3.05) is 18.5 Å². The van der Waals surface area contributed by atoms with Crippen LogP contribution in [0.25, 0.3) is 0 Å². The molecule has 1 aliphatic rings. The van der Waals surface area contributed by atoms with Crippen LogP contribution < -0.4 is 14.9 Å². The molecule has 0 radical (unpaired) electrons. The van der Waals surface area contributed by atoms with Gasteiger partial charge in [-0.25, -0.2) is 0 Å². The zero-order chi connectivity index (χ0) is 18.0. The van der Waals surface area contributed by atoms with Gasteiger partial charge in [0.1, 0.15) is 12.3 Å². The number of benzene rings is 1. The van der Waals surface area contributed by atoms with E-state index in [9.17, 15) is 19.2 Å². The van der Waals surface area contributed by atoms with E-state index in [1.54, 1.807) is 18.4 Å². The maximum Gasteiger partial charge on any atom is 0.326 e. The van der Waals surface area contributed by atoms with Crippen molar-refractivity contribution in [3.8, 4) is 5.75 Å². The number of fused-ring (bicyclic) bond motifs is 1. The van der Waals surface area contributed by atoms with Crippen LogP contribution in [0.3, 0.4) is 0 Å². The van der Waals surface area contributed by atoms with Gasteiger partial charge in [0.25, 0.3) is 5.91 Å². The number of ether oxygens (including phenoxy) is 2. The molecule has 9 heteroatoms. The van der Waals surface area contributed by atoms with Crippen molar-refractivity contribution in [2.45, 2.75) is 13.5 Å². The van der Waals surface area contributed by atoms with E-state index < -0.39 is 18.4 Å². The number of anilines is 1. The van der Waals surface area contributed by atoms with Gasteiger partial charge in [0, 0.05) is 16.6 Å². The Morgan fingerprint density at radius 1 is 1.36 bits per heavy atom. The standard InChI is InChI=1S/C16H14N2O6S/c1-9-8-25-16(22)18(9)5-15(21)24-6-12(19)10-2-3-13-11(4-10)17-14(20)7-23-13/h2-4,8H,5-7H2,1H3,(H,17,20). The van der Waals surface area contributed by atoms with Crippen LogP contribution in [0.5, 0.6) is 5.75 Å². The summed E-state index contributed by atoms with van der Waals surface area (Å²) in [5.74, 6) is -0.933. The van der Waals surface area contributed by atoms with E-state index in [1.165, 1.54) is 16.7 Å². The van der Waals surface area contributed by atoms with Gasteiger partial charge in [0.05, 0.1) is 5.69 Å². The van der Waals surface area contributed by atoms with Crippen molar-refractivity contribution < 1.29 is 23.9 Å². The number of nitrogens with zero attached hydrogens (tertiary/aromatic N) is 1. The molecule has 1 N–H and O–H groups in total. The zero-order valence-electron chi connectivity index (χ0n) is 13.2. The molecular formula is C16H14N2O6S. The Morgan fingerprint density at radius 2 is 2.16 bits per heavy atom. The van der Waals surface area contributed by atoms with Gasteiger partial charge in [-0.3, -0.25) is 23.7 Å².